The summed E-state index contributed by atoms with van der Waals surface area (Å²) < 4.78 is 16.0. The van der Waals surface area contributed by atoms with Gasteiger partial charge < -0.3 is 14.2 Å². The van der Waals surface area contributed by atoms with Crippen molar-refractivity contribution in [3.8, 4) is 0 Å². The van der Waals surface area contributed by atoms with Gasteiger partial charge in [-0.1, -0.05) is 17.3 Å². The minimum Gasteiger partial charge on any atom is -0.379 e. The lowest BCUT2D eigenvalue weighted by Gasteiger charge is -2.47. The third-order valence-electron chi connectivity index (χ3n) is 3.60. The number of fused-ring (bicyclic) bond motifs is 1. The minimum atomic E-state index is 0.209. The van der Waals surface area contributed by atoms with E-state index in [0.717, 1.165) is 24.4 Å². The fourth-order valence-corrected chi connectivity index (χ4v) is 2.41. The molecule has 0 amide bonds. The van der Waals surface area contributed by atoms with Crippen LogP contribution in [0.5, 0.6) is 0 Å². The monoisotopic (exact) mass is 255 g/mol. The molecule has 2 aliphatic carbocycles. The molecular formula is C13H21NO4. The highest BCUT2D eigenvalue weighted by Gasteiger charge is 2.42. The van der Waals surface area contributed by atoms with Crippen LogP contribution in [0, 0.1) is 22.7 Å². The number of ether oxygens (including phenoxy) is 3. The second kappa shape index (κ2) is 7.61. The van der Waals surface area contributed by atoms with Crippen LogP contribution in [0.2, 0.25) is 0 Å². The van der Waals surface area contributed by atoms with E-state index < -0.39 is 0 Å². The predicted molar refractivity (Wildman–Crippen MR) is 67.3 cm³/mol. The predicted octanol–water partition coefficient (Wildman–Crippen LogP) is 1.62. The van der Waals surface area contributed by atoms with E-state index in [-0.39, 0.29) is 6.54 Å². The van der Waals surface area contributed by atoms with Crippen LogP contribution in [-0.2, 0) is 14.2 Å². The Hall–Kier alpha value is -0.780. The molecule has 5 nitrogen and oxygen atoms in total. The van der Waals surface area contributed by atoms with Gasteiger partial charge in [-0.05, 0) is 24.2 Å². The maximum atomic E-state index is 9.76. The van der Waals surface area contributed by atoms with Crippen LogP contribution in [0.4, 0.5) is 0 Å². The minimum absolute atomic E-state index is 0.209. The van der Waals surface area contributed by atoms with E-state index in [1.165, 1.54) is 6.42 Å². The Labute approximate surface area is 107 Å². The molecule has 3 unspecified atom stereocenters. The van der Waals surface area contributed by atoms with Crippen LogP contribution in [0.15, 0.2) is 17.3 Å². The molecule has 2 rings (SSSR count). The second-order valence-electron chi connectivity index (χ2n) is 4.77. The van der Waals surface area contributed by atoms with Crippen LogP contribution in [0.25, 0.3) is 0 Å². The Morgan fingerprint density at radius 2 is 1.72 bits per heavy atom. The lowest BCUT2D eigenvalue weighted by atomic mass is 9.59. The highest BCUT2D eigenvalue weighted by molar-refractivity contribution is 5.17. The first-order valence-corrected chi connectivity index (χ1v) is 6.62. The summed E-state index contributed by atoms with van der Waals surface area (Å²) in [6.07, 6.45) is 5.88. The van der Waals surface area contributed by atoms with E-state index in [4.69, 9.17) is 14.2 Å². The molecule has 18 heavy (non-hydrogen) atoms. The summed E-state index contributed by atoms with van der Waals surface area (Å²) in [6, 6.07) is 0. The van der Waals surface area contributed by atoms with Crippen molar-refractivity contribution in [2.75, 3.05) is 46.2 Å². The molecule has 102 valence electrons. The fourth-order valence-electron chi connectivity index (χ4n) is 2.41. The quantitative estimate of drug-likeness (QED) is 0.320. The molecule has 1 saturated carbocycles. The molecule has 3 atom stereocenters. The van der Waals surface area contributed by atoms with Gasteiger partial charge in [-0.3, -0.25) is 0 Å². The Kier molecular flexibility index (Phi) is 5.77. The van der Waals surface area contributed by atoms with Gasteiger partial charge in [0.05, 0.1) is 39.6 Å². The van der Waals surface area contributed by atoms with Gasteiger partial charge in [-0.25, -0.2) is 0 Å². The first kappa shape index (κ1) is 13.6. The third-order valence-corrected chi connectivity index (χ3v) is 3.60. The van der Waals surface area contributed by atoms with Gasteiger partial charge in [-0.2, -0.15) is 4.91 Å². The van der Waals surface area contributed by atoms with E-state index in [9.17, 15) is 4.91 Å². The smallest absolute Gasteiger partial charge is 0.104 e. The number of allylic oxidation sites excluding steroid dienone is 2. The van der Waals surface area contributed by atoms with Crippen LogP contribution in [-0.4, -0.2) is 46.2 Å². The van der Waals surface area contributed by atoms with Gasteiger partial charge >= 0.3 is 0 Å². The standard InChI is InChI=1S/C13H21NO4/c15-14-3-4-16-5-6-17-7-8-18-10-12-9-11-1-2-13(11)12/h1-2,11-13H,3-10H2. The van der Waals surface area contributed by atoms with Crippen molar-refractivity contribution in [1.29, 1.82) is 0 Å². The molecule has 0 radical (unpaired) electrons. The molecule has 0 heterocycles. The molecule has 0 spiro atoms. The van der Waals surface area contributed by atoms with E-state index in [1.807, 2.05) is 0 Å². The first-order chi connectivity index (χ1) is 8.92. The summed E-state index contributed by atoms with van der Waals surface area (Å²) in [4.78, 5) is 9.76. The van der Waals surface area contributed by atoms with Gasteiger partial charge in [-0.15, -0.1) is 0 Å². The normalized spacial score (nSPS) is 28.3. The van der Waals surface area contributed by atoms with E-state index >= 15 is 0 Å². The lowest BCUT2D eigenvalue weighted by molar-refractivity contribution is -0.0201. The molecule has 0 aliphatic heterocycles. The number of rotatable bonds is 11. The average Bonchev–Trinajstić information content (AvgIpc) is 2.36. The van der Waals surface area contributed by atoms with Crippen molar-refractivity contribution in [2.45, 2.75) is 6.42 Å². The highest BCUT2D eigenvalue weighted by Crippen LogP contribution is 2.48. The Morgan fingerprint density at radius 1 is 1.00 bits per heavy atom. The van der Waals surface area contributed by atoms with Crippen molar-refractivity contribution in [2.24, 2.45) is 22.9 Å². The SMILES string of the molecule is O=NCCOCCOCCOCC1CC2C=CC21. The van der Waals surface area contributed by atoms with Gasteiger partial charge in [0.15, 0.2) is 0 Å². The summed E-state index contributed by atoms with van der Waals surface area (Å²) in [5, 5.41) is 2.70. The zero-order valence-electron chi connectivity index (χ0n) is 10.6. The van der Waals surface area contributed by atoms with Crippen molar-refractivity contribution in [1.82, 2.24) is 0 Å². The molecular weight excluding hydrogens is 234 g/mol. The molecule has 0 bridgehead atoms. The van der Waals surface area contributed by atoms with Crippen molar-refractivity contribution >= 4 is 0 Å². The Bertz CT molecular complexity index is 282. The molecule has 5 heteroatoms. The summed E-state index contributed by atoms with van der Waals surface area (Å²) >= 11 is 0. The Balaban J connectivity index is 1.30. The molecule has 0 N–H and O–H groups in total. The van der Waals surface area contributed by atoms with E-state index in [2.05, 4.69) is 17.3 Å². The Morgan fingerprint density at radius 3 is 2.28 bits per heavy atom. The average molecular weight is 255 g/mol. The number of hydrogen-bond acceptors (Lipinski definition) is 5. The van der Waals surface area contributed by atoms with Gasteiger partial charge in [0.1, 0.15) is 6.54 Å². The maximum Gasteiger partial charge on any atom is 0.104 e. The second-order valence-corrected chi connectivity index (χ2v) is 4.77. The lowest BCUT2D eigenvalue weighted by Crippen LogP contribution is -2.42. The van der Waals surface area contributed by atoms with Crippen LogP contribution in [0.3, 0.4) is 0 Å². The third kappa shape index (κ3) is 3.86. The van der Waals surface area contributed by atoms with E-state index in [0.29, 0.717) is 33.0 Å². The number of hydrogen-bond donors (Lipinski definition) is 0. The summed E-state index contributed by atoms with van der Waals surface area (Å²) in [6.45, 7) is 3.74. The van der Waals surface area contributed by atoms with Gasteiger partial charge in [0.2, 0.25) is 0 Å². The summed E-state index contributed by atoms with van der Waals surface area (Å²) in [5.41, 5.74) is 0. The molecule has 0 aromatic heterocycles. The zero-order valence-corrected chi connectivity index (χ0v) is 10.6. The van der Waals surface area contributed by atoms with Gasteiger partial charge in [0.25, 0.3) is 0 Å². The molecule has 0 aromatic rings. The largest absolute Gasteiger partial charge is 0.379 e. The summed E-state index contributed by atoms with van der Waals surface area (Å²) in [5.74, 6) is 2.39. The van der Waals surface area contributed by atoms with E-state index in [1.54, 1.807) is 0 Å². The van der Waals surface area contributed by atoms with Crippen LogP contribution < -0.4 is 0 Å². The molecule has 1 fully saturated rings. The number of nitroso groups, excluding NO2 is 1. The maximum absolute atomic E-state index is 9.76. The zero-order chi connectivity index (χ0) is 12.6. The van der Waals surface area contributed by atoms with Crippen LogP contribution >= 0.6 is 0 Å². The molecule has 2 aliphatic rings. The van der Waals surface area contributed by atoms with Crippen molar-refractivity contribution in [3.05, 3.63) is 17.1 Å². The van der Waals surface area contributed by atoms with Crippen molar-refractivity contribution < 1.29 is 14.2 Å². The van der Waals surface area contributed by atoms with Crippen LogP contribution in [0.1, 0.15) is 6.42 Å². The fraction of sp³-hybridized carbons (Fsp3) is 0.846. The first-order valence-electron chi connectivity index (χ1n) is 6.62. The topological polar surface area (TPSA) is 57.1 Å². The number of nitrogens with zero attached hydrogens (tertiary/aromatic N) is 1. The molecule has 0 saturated heterocycles. The highest BCUT2D eigenvalue weighted by atomic mass is 16.5. The van der Waals surface area contributed by atoms with Gasteiger partial charge in [0, 0.05) is 0 Å². The summed E-state index contributed by atoms with van der Waals surface area (Å²) in [7, 11) is 0. The van der Waals surface area contributed by atoms with Crippen molar-refractivity contribution in [3.63, 3.8) is 0 Å². The molecule has 0 aromatic carbocycles.